The van der Waals surface area contributed by atoms with E-state index in [4.69, 9.17) is 16.3 Å². The maximum atomic E-state index is 11.6. The van der Waals surface area contributed by atoms with Crippen LogP contribution in [0.3, 0.4) is 0 Å². The molecule has 1 aliphatic heterocycles. The van der Waals surface area contributed by atoms with Crippen molar-refractivity contribution in [2.45, 2.75) is 26.3 Å². The number of rotatable bonds is 6. The molecule has 1 N–H and O–H groups in total. The van der Waals surface area contributed by atoms with Gasteiger partial charge < -0.3 is 10.1 Å². The van der Waals surface area contributed by atoms with Crippen LogP contribution in [-0.2, 0) is 11.3 Å². The molecule has 0 saturated carbocycles. The Balaban J connectivity index is 0.00000264. The zero-order valence-electron chi connectivity index (χ0n) is 13.8. The van der Waals surface area contributed by atoms with Crippen LogP contribution in [0, 0.1) is 5.92 Å². The first-order valence-electron chi connectivity index (χ1n) is 7.93. The van der Waals surface area contributed by atoms with Gasteiger partial charge >= 0.3 is 5.97 Å². The third-order valence-electron chi connectivity index (χ3n) is 4.25. The Morgan fingerprint density at radius 2 is 2.09 bits per heavy atom. The van der Waals surface area contributed by atoms with Crippen LogP contribution in [0.25, 0.3) is 0 Å². The summed E-state index contributed by atoms with van der Waals surface area (Å²) < 4.78 is 4.77. The van der Waals surface area contributed by atoms with Crippen molar-refractivity contribution in [2.24, 2.45) is 5.92 Å². The fourth-order valence-electron chi connectivity index (χ4n) is 2.88. The van der Waals surface area contributed by atoms with E-state index in [1.165, 1.54) is 20.0 Å². The summed E-state index contributed by atoms with van der Waals surface area (Å²) >= 11 is 6.27. The topological polar surface area (TPSA) is 41.6 Å². The average molecular weight is 361 g/mol. The number of carbonyl (C=O) groups excluding carboxylic acids is 1. The summed E-state index contributed by atoms with van der Waals surface area (Å²) in [6.45, 7) is 7.24. The number of nitrogens with zero attached hydrogens (tertiary/aromatic N) is 1. The molecule has 0 aliphatic carbocycles. The monoisotopic (exact) mass is 360 g/mol. The molecular formula is C17H26Cl2N2O2. The minimum absolute atomic E-state index is 0. The van der Waals surface area contributed by atoms with Crippen molar-refractivity contribution < 1.29 is 9.53 Å². The van der Waals surface area contributed by atoms with Gasteiger partial charge in [-0.3, -0.25) is 4.90 Å². The molecule has 0 radical (unpaired) electrons. The number of esters is 1. The van der Waals surface area contributed by atoms with Crippen LogP contribution < -0.4 is 5.32 Å². The van der Waals surface area contributed by atoms with Crippen LogP contribution in [0.15, 0.2) is 18.2 Å². The Bertz CT molecular complexity index is 503. The number of hydrogen-bond donors (Lipinski definition) is 1. The number of carbonyl (C=O) groups is 1. The summed E-state index contributed by atoms with van der Waals surface area (Å²) in [5.41, 5.74) is 1.55. The molecule has 0 unspecified atom stereocenters. The van der Waals surface area contributed by atoms with E-state index in [1.54, 1.807) is 12.1 Å². The van der Waals surface area contributed by atoms with Gasteiger partial charge in [-0.1, -0.05) is 18.5 Å². The fourth-order valence-corrected chi connectivity index (χ4v) is 3.06. The van der Waals surface area contributed by atoms with Gasteiger partial charge in [0.15, 0.2) is 0 Å². The standard InChI is InChI=1S/C17H25ClN2O2.ClH/c1-3-19-11-13-6-8-20(9-7-13)12-15-10-14(17(21)22-2)4-5-16(15)18;/h4-5,10,13,19H,3,6-9,11-12H2,1-2H3;1H. The Morgan fingerprint density at radius 3 is 2.70 bits per heavy atom. The lowest BCUT2D eigenvalue weighted by molar-refractivity contribution is 0.0600. The second kappa shape index (κ2) is 10.1. The van der Waals surface area contributed by atoms with Gasteiger partial charge in [0, 0.05) is 11.6 Å². The molecule has 1 aliphatic rings. The summed E-state index contributed by atoms with van der Waals surface area (Å²) in [7, 11) is 1.39. The van der Waals surface area contributed by atoms with E-state index < -0.39 is 0 Å². The summed E-state index contributed by atoms with van der Waals surface area (Å²) in [4.78, 5) is 14.0. The van der Waals surface area contributed by atoms with Crippen LogP contribution in [0.2, 0.25) is 5.02 Å². The molecule has 0 spiro atoms. The van der Waals surface area contributed by atoms with Gasteiger partial charge in [-0.05, 0) is 68.7 Å². The Labute approximate surface area is 149 Å². The molecule has 1 aromatic carbocycles. The molecule has 130 valence electrons. The average Bonchev–Trinajstić information content (AvgIpc) is 2.55. The number of ether oxygens (including phenoxy) is 1. The first-order valence-corrected chi connectivity index (χ1v) is 8.31. The van der Waals surface area contributed by atoms with Gasteiger partial charge in [0.2, 0.25) is 0 Å². The maximum absolute atomic E-state index is 11.6. The van der Waals surface area contributed by atoms with Gasteiger partial charge in [-0.2, -0.15) is 0 Å². The number of halogens is 2. The number of piperidine rings is 1. The Morgan fingerprint density at radius 1 is 1.39 bits per heavy atom. The molecule has 1 saturated heterocycles. The Kier molecular flexibility index (Phi) is 8.92. The molecule has 0 atom stereocenters. The van der Waals surface area contributed by atoms with Crippen LogP contribution in [-0.4, -0.2) is 44.2 Å². The lowest BCUT2D eigenvalue weighted by Crippen LogP contribution is -2.36. The predicted octanol–water partition coefficient (Wildman–Crippen LogP) is 3.37. The molecule has 6 heteroatoms. The van der Waals surface area contributed by atoms with Crippen molar-refractivity contribution in [3.05, 3.63) is 34.3 Å². The van der Waals surface area contributed by atoms with Crippen molar-refractivity contribution >= 4 is 30.0 Å². The minimum Gasteiger partial charge on any atom is -0.465 e. The second-order valence-electron chi connectivity index (χ2n) is 5.82. The quantitative estimate of drug-likeness (QED) is 0.789. The SMILES string of the molecule is CCNCC1CCN(Cc2cc(C(=O)OC)ccc2Cl)CC1.Cl. The molecule has 1 aromatic rings. The summed E-state index contributed by atoms with van der Waals surface area (Å²) in [5, 5.41) is 4.14. The first kappa shape index (κ1) is 20.2. The van der Waals surface area contributed by atoms with Crippen molar-refractivity contribution in [1.82, 2.24) is 10.2 Å². The number of benzene rings is 1. The third kappa shape index (κ3) is 5.96. The van der Waals surface area contributed by atoms with Crippen molar-refractivity contribution in [1.29, 1.82) is 0 Å². The number of nitrogens with one attached hydrogen (secondary N) is 1. The maximum Gasteiger partial charge on any atom is 0.337 e. The lowest BCUT2D eigenvalue weighted by atomic mass is 9.96. The zero-order chi connectivity index (χ0) is 15.9. The zero-order valence-corrected chi connectivity index (χ0v) is 15.4. The highest BCUT2D eigenvalue weighted by molar-refractivity contribution is 6.31. The summed E-state index contributed by atoms with van der Waals surface area (Å²) in [6, 6.07) is 5.33. The molecule has 0 amide bonds. The molecule has 1 heterocycles. The van der Waals surface area contributed by atoms with Gasteiger partial charge in [-0.15, -0.1) is 12.4 Å². The highest BCUT2D eigenvalue weighted by Crippen LogP contribution is 2.23. The van der Waals surface area contributed by atoms with Gasteiger partial charge in [-0.25, -0.2) is 4.79 Å². The van der Waals surface area contributed by atoms with Crippen LogP contribution in [0.4, 0.5) is 0 Å². The highest BCUT2D eigenvalue weighted by atomic mass is 35.5. The van der Waals surface area contributed by atoms with E-state index >= 15 is 0 Å². The van der Waals surface area contributed by atoms with Gasteiger partial charge in [0.25, 0.3) is 0 Å². The molecule has 1 fully saturated rings. The fraction of sp³-hybridized carbons (Fsp3) is 0.588. The van der Waals surface area contributed by atoms with E-state index in [0.29, 0.717) is 10.6 Å². The van der Waals surface area contributed by atoms with Crippen LogP contribution in [0.5, 0.6) is 0 Å². The molecule has 4 nitrogen and oxygen atoms in total. The molecule has 23 heavy (non-hydrogen) atoms. The minimum atomic E-state index is -0.317. The van der Waals surface area contributed by atoms with Gasteiger partial charge in [0.1, 0.15) is 0 Å². The normalized spacial score (nSPS) is 16.0. The molecule has 0 aromatic heterocycles. The largest absolute Gasteiger partial charge is 0.465 e. The first-order chi connectivity index (χ1) is 10.6. The van der Waals surface area contributed by atoms with E-state index in [-0.39, 0.29) is 18.4 Å². The Hall–Kier alpha value is -0.810. The van der Waals surface area contributed by atoms with Crippen molar-refractivity contribution in [3.8, 4) is 0 Å². The summed E-state index contributed by atoms with van der Waals surface area (Å²) in [6.07, 6.45) is 2.42. The highest BCUT2D eigenvalue weighted by Gasteiger charge is 2.20. The van der Waals surface area contributed by atoms with Crippen LogP contribution in [0.1, 0.15) is 35.7 Å². The van der Waals surface area contributed by atoms with Crippen LogP contribution >= 0.6 is 24.0 Å². The van der Waals surface area contributed by atoms with E-state index in [1.807, 2.05) is 6.07 Å². The second-order valence-corrected chi connectivity index (χ2v) is 6.23. The lowest BCUT2D eigenvalue weighted by Gasteiger charge is -2.32. The van der Waals surface area contributed by atoms with Crippen molar-refractivity contribution in [2.75, 3.05) is 33.3 Å². The number of hydrogen-bond acceptors (Lipinski definition) is 4. The third-order valence-corrected chi connectivity index (χ3v) is 4.62. The van der Waals surface area contributed by atoms with Gasteiger partial charge in [0.05, 0.1) is 12.7 Å². The van der Waals surface area contributed by atoms with E-state index in [2.05, 4.69) is 17.1 Å². The molecule has 0 bridgehead atoms. The smallest absolute Gasteiger partial charge is 0.337 e. The predicted molar refractivity (Wildman–Crippen MR) is 96.6 cm³/mol. The molecule has 2 rings (SSSR count). The number of likely N-dealkylation sites (tertiary alicyclic amines) is 1. The van der Waals surface area contributed by atoms with E-state index in [9.17, 15) is 4.79 Å². The number of methoxy groups -OCH3 is 1. The summed E-state index contributed by atoms with van der Waals surface area (Å²) in [5.74, 6) is 0.454. The molecular weight excluding hydrogens is 335 g/mol. The van der Waals surface area contributed by atoms with Crippen molar-refractivity contribution in [3.63, 3.8) is 0 Å². The van der Waals surface area contributed by atoms with E-state index in [0.717, 1.165) is 44.2 Å².